The molecule has 0 aromatic carbocycles. The van der Waals surface area contributed by atoms with E-state index in [-0.39, 0.29) is 0 Å². The number of hydrogen-bond acceptors (Lipinski definition) is 5. The van der Waals surface area contributed by atoms with E-state index in [2.05, 4.69) is 4.98 Å². The Labute approximate surface area is 101 Å². The summed E-state index contributed by atoms with van der Waals surface area (Å²) in [4.78, 5) is 3.35. The van der Waals surface area contributed by atoms with Gasteiger partial charge in [-0.15, -0.1) is 0 Å². The molecule has 17 heavy (non-hydrogen) atoms. The molecule has 0 unspecified atom stereocenters. The normalized spacial score (nSPS) is 11.6. The topological polar surface area (TPSA) is 65.5 Å². The smallest absolute Gasteiger partial charge is 0.282 e. The molecule has 1 heterocycles. The lowest BCUT2D eigenvalue weighted by atomic mass is 10.2. The lowest BCUT2D eigenvalue weighted by Crippen LogP contribution is -2.05. The van der Waals surface area contributed by atoms with Gasteiger partial charge in [0.1, 0.15) is 0 Å². The maximum absolute atomic E-state index is 12.6. The van der Waals surface area contributed by atoms with Gasteiger partial charge in [0.25, 0.3) is 15.5 Å². The van der Waals surface area contributed by atoms with Crippen LogP contribution in [0.4, 0.5) is 8.78 Å². The zero-order valence-electron chi connectivity index (χ0n) is 8.78. The van der Waals surface area contributed by atoms with Gasteiger partial charge in [0.15, 0.2) is 11.5 Å². The molecule has 0 bridgehead atoms. The SMILES string of the molecule is COc1c(C(F)F)cnc(S(=O)(=O)Cl)c1OC. The second-order valence-corrected chi connectivity index (χ2v) is 5.30. The Hall–Kier alpha value is -1.15. The summed E-state index contributed by atoms with van der Waals surface area (Å²) in [6, 6.07) is 0. The summed E-state index contributed by atoms with van der Waals surface area (Å²) < 4.78 is 56.9. The molecule has 0 saturated carbocycles. The molecule has 0 atom stereocenters. The molecule has 1 aromatic rings. The van der Waals surface area contributed by atoms with Crippen molar-refractivity contribution < 1.29 is 26.7 Å². The second-order valence-electron chi connectivity index (χ2n) is 2.82. The Morgan fingerprint density at radius 1 is 1.29 bits per heavy atom. The van der Waals surface area contributed by atoms with Crippen molar-refractivity contribution in [3.8, 4) is 11.5 Å². The molecule has 0 aliphatic heterocycles. The number of rotatable bonds is 4. The summed E-state index contributed by atoms with van der Waals surface area (Å²) >= 11 is 0. The highest BCUT2D eigenvalue weighted by molar-refractivity contribution is 8.13. The quantitative estimate of drug-likeness (QED) is 0.792. The molecule has 1 rings (SSSR count). The van der Waals surface area contributed by atoms with Crippen LogP contribution in [0.2, 0.25) is 0 Å². The first-order valence-electron chi connectivity index (χ1n) is 4.16. The van der Waals surface area contributed by atoms with Gasteiger partial charge >= 0.3 is 0 Å². The van der Waals surface area contributed by atoms with Crippen LogP contribution in [0.1, 0.15) is 12.0 Å². The third kappa shape index (κ3) is 2.75. The van der Waals surface area contributed by atoms with E-state index in [0.717, 1.165) is 14.2 Å². The lowest BCUT2D eigenvalue weighted by Gasteiger charge is -2.13. The molecular weight excluding hydrogens is 280 g/mol. The number of pyridine rings is 1. The molecule has 1 aromatic heterocycles. The van der Waals surface area contributed by atoms with E-state index in [9.17, 15) is 17.2 Å². The van der Waals surface area contributed by atoms with Gasteiger partial charge in [-0.05, 0) is 0 Å². The standard InChI is InChI=1S/C8H8ClF2NO4S/c1-15-5-4(7(10)11)3-12-8(6(5)16-2)17(9,13)14/h3,7H,1-2H3. The van der Waals surface area contributed by atoms with Crippen molar-refractivity contribution in [3.05, 3.63) is 11.8 Å². The van der Waals surface area contributed by atoms with Gasteiger partial charge in [-0.25, -0.2) is 22.2 Å². The first kappa shape index (κ1) is 13.9. The predicted octanol–water partition coefficient (Wildman–Crippen LogP) is 1.96. The molecule has 0 amide bonds. The summed E-state index contributed by atoms with van der Waals surface area (Å²) in [5.41, 5.74) is -0.576. The Morgan fingerprint density at radius 2 is 1.82 bits per heavy atom. The van der Waals surface area contributed by atoms with Crippen LogP contribution in [-0.2, 0) is 9.05 Å². The van der Waals surface area contributed by atoms with E-state index in [1.807, 2.05) is 0 Å². The van der Waals surface area contributed by atoms with Crippen LogP contribution < -0.4 is 9.47 Å². The fourth-order valence-corrected chi connectivity index (χ4v) is 2.10. The van der Waals surface area contributed by atoms with Crippen LogP contribution in [0.5, 0.6) is 11.5 Å². The highest BCUT2D eigenvalue weighted by Crippen LogP contribution is 2.40. The zero-order chi connectivity index (χ0) is 13.2. The summed E-state index contributed by atoms with van der Waals surface area (Å²) in [6.45, 7) is 0. The average Bonchev–Trinajstić information content (AvgIpc) is 2.25. The Kier molecular flexibility index (Phi) is 4.10. The minimum atomic E-state index is -4.21. The molecule has 0 fully saturated rings. The first-order chi connectivity index (χ1) is 7.82. The van der Waals surface area contributed by atoms with Crippen molar-refractivity contribution in [2.24, 2.45) is 0 Å². The molecule has 0 N–H and O–H groups in total. The fraction of sp³-hybridized carbons (Fsp3) is 0.375. The Morgan fingerprint density at radius 3 is 2.18 bits per heavy atom. The molecule has 0 aliphatic carbocycles. The van der Waals surface area contributed by atoms with E-state index in [1.54, 1.807) is 0 Å². The summed E-state index contributed by atoms with van der Waals surface area (Å²) in [5, 5.41) is -0.664. The van der Waals surface area contributed by atoms with Gasteiger partial charge in [0.05, 0.1) is 19.8 Å². The van der Waals surface area contributed by atoms with Crippen molar-refractivity contribution in [3.63, 3.8) is 0 Å². The molecule has 0 aliphatic rings. The maximum atomic E-state index is 12.6. The van der Waals surface area contributed by atoms with Gasteiger partial charge in [-0.2, -0.15) is 0 Å². The van der Waals surface area contributed by atoms with Crippen LogP contribution in [-0.4, -0.2) is 27.6 Å². The van der Waals surface area contributed by atoms with E-state index in [1.165, 1.54) is 0 Å². The van der Waals surface area contributed by atoms with Crippen LogP contribution in [0.15, 0.2) is 11.2 Å². The molecule has 0 saturated heterocycles. The van der Waals surface area contributed by atoms with Crippen LogP contribution in [0.3, 0.4) is 0 Å². The van der Waals surface area contributed by atoms with Crippen molar-refractivity contribution in [2.75, 3.05) is 14.2 Å². The van der Waals surface area contributed by atoms with Crippen LogP contribution in [0.25, 0.3) is 0 Å². The van der Waals surface area contributed by atoms with Crippen molar-refractivity contribution >= 4 is 19.7 Å². The van der Waals surface area contributed by atoms with Gasteiger partial charge in [-0.3, -0.25) is 0 Å². The monoisotopic (exact) mass is 287 g/mol. The highest BCUT2D eigenvalue weighted by atomic mass is 35.7. The van der Waals surface area contributed by atoms with E-state index in [4.69, 9.17) is 20.2 Å². The molecular formula is C8H8ClF2NO4S. The number of methoxy groups -OCH3 is 2. The molecule has 0 spiro atoms. The van der Waals surface area contributed by atoms with Gasteiger partial charge in [0.2, 0.25) is 5.03 Å². The number of nitrogens with zero attached hydrogens (tertiary/aromatic N) is 1. The number of alkyl halides is 2. The highest BCUT2D eigenvalue weighted by Gasteiger charge is 2.27. The van der Waals surface area contributed by atoms with Crippen LogP contribution in [0, 0.1) is 0 Å². The number of hydrogen-bond donors (Lipinski definition) is 0. The van der Waals surface area contributed by atoms with E-state index < -0.39 is 37.6 Å². The summed E-state index contributed by atoms with van der Waals surface area (Å²) in [7, 11) is 3.08. The largest absolute Gasteiger partial charge is 0.492 e. The minimum absolute atomic E-state index is 0.406. The summed E-state index contributed by atoms with van der Waals surface area (Å²) in [6.07, 6.45) is -2.19. The van der Waals surface area contributed by atoms with Gasteiger partial charge in [-0.1, -0.05) is 0 Å². The van der Waals surface area contributed by atoms with E-state index in [0.29, 0.717) is 6.20 Å². The Balaban J connectivity index is 3.60. The molecule has 5 nitrogen and oxygen atoms in total. The summed E-state index contributed by atoms with van der Waals surface area (Å²) in [5.74, 6) is -0.850. The number of halogens is 3. The number of aromatic nitrogens is 1. The zero-order valence-corrected chi connectivity index (χ0v) is 10.3. The van der Waals surface area contributed by atoms with Crippen molar-refractivity contribution in [1.29, 1.82) is 0 Å². The third-order valence-electron chi connectivity index (χ3n) is 1.86. The van der Waals surface area contributed by atoms with Gasteiger partial charge < -0.3 is 9.47 Å². The second kappa shape index (κ2) is 5.01. The van der Waals surface area contributed by atoms with E-state index >= 15 is 0 Å². The molecule has 9 heteroatoms. The molecule has 0 radical (unpaired) electrons. The average molecular weight is 288 g/mol. The third-order valence-corrected chi connectivity index (χ3v) is 3.05. The predicted molar refractivity (Wildman–Crippen MR) is 55.3 cm³/mol. The van der Waals surface area contributed by atoms with Crippen molar-refractivity contribution in [1.82, 2.24) is 4.98 Å². The Bertz CT molecular complexity index is 521. The lowest BCUT2D eigenvalue weighted by molar-refractivity contribution is 0.145. The minimum Gasteiger partial charge on any atom is -0.492 e. The molecule has 96 valence electrons. The van der Waals surface area contributed by atoms with Crippen molar-refractivity contribution in [2.45, 2.75) is 11.5 Å². The fourth-order valence-electron chi connectivity index (χ4n) is 1.19. The van der Waals surface area contributed by atoms with Gasteiger partial charge in [0, 0.05) is 16.9 Å². The first-order valence-corrected chi connectivity index (χ1v) is 6.47. The van der Waals surface area contributed by atoms with Crippen LogP contribution >= 0.6 is 10.7 Å². The maximum Gasteiger partial charge on any atom is 0.282 e. The number of ether oxygens (including phenoxy) is 2.